The summed E-state index contributed by atoms with van der Waals surface area (Å²) >= 11 is 5.48. The van der Waals surface area contributed by atoms with Crippen LogP contribution in [-0.2, 0) is 0 Å². The standard InChI is InChI=1S/C17H16N2OS/c20-12-16(14-7-2-1-3-8-14)19-11-10-13-6-4-5-9-15(13)18-17(19)21/h1-11,16,20H,12H2,(H,18,21). The topological polar surface area (TPSA) is 35.5 Å². The highest BCUT2D eigenvalue weighted by Crippen LogP contribution is 2.27. The lowest BCUT2D eigenvalue weighted by molar-refractivity contribution is 0.211. The van der Waals surface area contributed by atoms with Crippen LogP contribution in [0.3, 0.4) is 0 Å². The first-order valence-corrected chi connectivity index (χ1v) is 7.23. The summed E-state index contributed by atoms with van der Waals surface area (Å²) in [5, 5.41) is 13.6. The van der Waals surface area contributed by atoms with Crippen molar-refractivity contribution in [1.82, 2.24) is 4.90 Å². The van der Waals surface area contributed by atoms with Gasteiger partial charge in [-0.05, 0) is 35.5 Å². The zero-order chi connectivity index (χ0) is 14.7. The summed E-state index contributed by atoms with van der Waals surface area (Å²) in [5.74, 6) is 0. The summed E-state index contributed by atoms with van der Waals surface area (Å²) in [4.78, 5) is 1.89. The minimum atomic E-state index is -0.197. The molecule has 4 heteroatoms. The lowest BCUT2D eigenvalue weighted by atomic mass is 10.1. The van der Waals surface area contributed by atoms with E-state index in [2.05, 4.69) is 5.32 Å². The van der Waals surface area contributed by atoms with E-state index in [0.29, 0.717) is 5.11 Å². The van der Waals surface area contributed by atoms with Gasteiger partial charge in [0.25, 0.3) is 0 Å². The highest BCUT2D eigenvalue weighted by molar-refractivity contribution is 7.80. The third-order valence-electron chi connectivity index (χ3n) is 3.54. The number of thiocarbonyl (C=S) groups is 1. The summed E-state index contributed by atoms with van der Waals surface area (Å²) in [6.45, 7) is -0.00742. The number of nitrogens with one attached hydrogen (secondary N) is 1. The third-order valence-corrected chi connectivity index (χ3v) is 3.86. The second-order valence-corrected chi connectivity index (χ2v) is 5.24. The summed E-state index contributed by atoms with van der Waals surface area (Å²) in [6, 6.07) is 17.7. The van der Waals surface area contributed by atoms with E-state index in [1.807, 2.05) is 71.8 Å². The lowest BCUT2D eigenvalue weighted by Gasteiger charge is -2.29. The Hall–Kier alpha value is -2.17. The number of fused-ring (bicyclic) bond motifs is 1. The molecule has 0 radical (unpaired) electrons. The van der Waals surface area contributed by atoms with Crippen LogP contribution in [0.1, 0.15) is 17.2 Å². The van der Waals surface area contributed by atoms with Crippen LogP contribution in [-0.4, -0.2) is 21.7 Å². The molecule has 0 saturated heterocycles. The Morgan fingerprint density at radius 3 is 2.52 bits per heavy atom. The second-order valence-electron chi connectivity index (χ2n) is 4.85. The Labute approximate surface area is 129 Å². The van der Waals surface area contributed by atoms with Crippen LogP contribution < -0.4 is 5.32 Å². The molecule has 1 unspecified atom stereocenters. The molecule has 21 heavy (non-hydrogen) atoms. The summed E-state index contributed by atoms with van der Waals surface area (Å²) in [5.41, 5.74) is 3.08. The minimum absolute atomic E-state index is 0.00742. The number of rotatable bonds is 3. The molecule has 1 aliphatic heterocycles. The molecule has 0 amide bonds. The maximum atomic E-state index is 9.80. The van der Waals surface area contributed by atoms with Crippen LogP contribution in [0.4, 0.5) is 5.69 Å². The van der Waals surface area contributed by atoms with Gasteiger partial charge in [0.15, 0.2) is 5.11 Å². The van der Waals surface area contributed by atoms with Crippen LogP contribution in [0.5, 0.6) is 0 Å². The molecule has 2 aromatic carbocycles. The van der Waals surface area contributed by atoms with Gasteiger partial charge in [0.2, 0.25) is 0 Å². The van der Waals surface area contributed by atoms with Crippen molar-refractivity contribution < 1.29 is 5.11 Å². The number of anilines is 1. The zero-order valence-electron chi connectivity index (χ0n) is 11.4. The van der Waals surface area contributed by atoms with E-state index in [1.54, 1.807) is 0 Å². The molecule has 2 aromatic rings. The zero-order valence-corrected chi connectivity index (χ0v) is 12.3. The van der Waals surface area contributed by atoms with E-state index < -0.39 is 0 Å². The Morgan fingerprint density at radius 2 is 1.76 bits per heavy atom. The molecule has 3 nitrogen and oxygen atoms in total. The van der Waals surface area contributed by atoms with Gasteiger partial charge in [0.1, 0.15) is 0 Å². The van der Waals surface area contributed by atoms with Gasteiger partial charge in [-0.2, -0.15) is 0 Å². The molecule has 3 rings (SSSR count). The van der Waals surface area contributed by atoms with Gasteiger partial charge in [-0.15, -0.1) is 0 Å². The lowest BCUT2D eigenvalue weighted by Crippen LogP contribution is -2.34. The van der Waals surface area contributed by atoms with Crippen LogP contribution in [0.2, 0.25) is 0 Å². The van der Waals surface area contributed by atoms with Crippen molar-refractivity contribution in [3.05, 3.63) is 71.9 Å². The van der Waals surface area contributed by atoms with Crippen LogP contribution in [0.25, 0.3) is 6.08 Å². The van der Waals surface area contributed by atoms with Crippen molar-refractivity contribution in [3.8, 4) is 0 Å². The van der Waals surface area contributed by atoms with E-state index in [9.17, 15) is 5.11 Å². The van der Waals surface area contributed by atoms with Gasteiger partial charge in [0.05, 0.1) is 12.6 Å². The van der Waals surface area contributed by atoms with Crippen molar-refractivity contribution in [2.45, 2.75) is 6.04 Å². The first-order valence-electron chi connectivity index (χ1n) is 6.82. The third kappa shape index (κ3) is 2.82. The van der Waals surface area contributed by atoms with Crippen molar-refractivity contribution >= 4 is 29.1 Å². The molecular formula is C17H16N2OS. The Morgan fingerprint density at radius 1 is 1.05 bits per heavy atom. The maximum absolute atomic E-state index is 9.80. The van der Waals surface area contributed by atoms with Crippen molar-refractivity contribution in [2.24, 2.45) is 0 Å². The molecule has 0 bridgehead atoms. The minimum Gasteiger partial charge on any atom is -0.394 e. The fraction of sp³-hybridized carbons (Fsp3) is 0.118. The van der Waals surface area contributed by atoms with Gasteiger partial charge in [-0.25, -0.2) is 0 Å². The Balaban J connectivity index is 1.94. The molecule has 1 aliphatic rings. The monoisotopic (exact) mass is 296 g/mol. The first-order chi connectivity index (χ1) is 10.3. The molecule has 0 fully saturated rings. The average Bonchev–Trinajstić information content (AvgIpc) is 2.69. The predicted molar refractivity (Wildman–Crippen MR) is 89.8 cm³/mol. The molecule has 0 saturated carbocycles. The highest BCUT2D eigenvalue weighted by atomic mass is 32.1. The van der Waals surface area contributed by atoms with Crippen LogP contribution in [0.15, 0.2) is 60.8 Å². The molecule has 1 heterocycles. The van der Waals surface area contributed by atoms with Crippen molar-refractivity contribution in [2.75, 3.05) is 11.9 Å². The van der Waals surface area contributed by atoms with Gasteiger partial charge in [-0.3, -0.25) is 0 Å². The summed E-state index contributed by atoms with van der Waals surface area (Å²) < 4.78 is 0. The van der Waals surface area contributed by atoms with Gasteiger partial charge in [0, 0.05) is 11.9 Å². The highest BCUT2D eigenvalue weighted by Gasteiger charge is 2.22. The van der Waals surface area contributed by atoms with Gasteiger partial charge >= 0.3 is 0 Å². The number of benzene rings is 2. The summed E-state index contributed by atoms with van der Waals surface area (Å²) in [7, 11) is 0. The van der Waals surface area contributed by atoms with Gasteiger partial charge < -0.3 is 15.3 Å². The Bertz CT molecular complexity index is 670. The number of para-hydroxylation sites is 1. The largest absolute Gasteiger partial charge is 0.394 e. The molecule has 106 valence electrons. The van der Waals surface area contributed by atoms with E-state index in [1.165, 1.54) is 0 Å². The SMILES string of the molecule is OCC(c1ccccc1)N1C=Cc2ccccc2NC1=S. The Kier molecular flexibility index (Phi) is 3.99. The molecular weight excluding hydrogens is 280 g/mol. The molecule has 1 atom stereocenters. The normalized spacial score (nSPS) is 15.1. The van der Waals surface area contributed by atoms with Gasteiger partial charge in [-0.1, -0.05) is 48.5 Å². The van der Waals surface area contributed by atoms with Crippen molar-refractivity contribution in [1.29, 1.82) is 0 Å². The summed E-state index contributed by atoms with van der Waals surface area (Å²) in [6.07, 6.45) is 3.93. The number of hydrogen-bond acceptors (Lipinski definition) is 2. The number of nitrogens with zero attached hydrogens (tertiary/aromatic N) is 1. The number of aliphatic hydroxyl groups is 1. The van der Waals surface area contributed by atoms with E-state index in [-0.39, 0.29) is 12.6 Å². The van der Waals surface area contributed by atoms with Crippen molar-refractivity contribution in [3.63, 3.8) is 0 Å². The quantitative estimate of drug-likeness (QED) is 0.851. The van der Waals surface area contributed by atoms with E-state index in [4.69, 9.17) is 12.2 Å². The smallest absolute Gasteiger partial charge is 0.178 e. The molecule has 0 aromatic heterocycles. The number of aliphatic hydroxyl groups excluding tert-OH is 1. The second kappa shape index (κ2) is 6.08. The molecule has 0 spiro atoms. The first kappa shape index (κ1) is 13.8. The predicted octanol–water partition coefficient (Wildman–Crippen LogP) is 3.40. The number of hydrogen-bond donors (Lipinski definition) is 2. The molecule has 2 N–H and O–H groups in total. The fourth-order valence-electron chi connectivity index (χ4n) is 2.44. The van der Waals surface area contributed by atoms with Crippen LogP contribution >= 0.6 is 12.2 Å². The fourth-order valence-corrected chi connectivity index (χ4v) is 2.74. The van der Waals surface area contributed by atoms with E-state index >= 15 is 0 Å². The molecule has 0 aliphatic carbocycles. The average molecular weight is 296 g/mol. The van der Waals surface area contributed by atoms with Crippen LogP contribution in [0, 0.1) is 0 Å². The van der Waals surface area contributed by atoms with E-state index in [0.717, 1.165) is 16.8 Å². The maximum Gasteiger partial charge on any atom is 0.178 e.